The molecule has 4 heteroatoms. The lowest BCUT2D eigenvalue weighted by Gasteiger charge is -2.32. The van der Waals surface area contributed by atoms with Crippen molar-refractivity contribution in [3.8, 4) is 0 Å². The SMILES string of the molecule is Cc1cccc(CN(C)C(=O)CC(c2ccc(F)cc2)C2CCNCC2)c1C. The second-order valence-corrected chi connectivity index (χ2v) is 8.06. The Hall–Kier alpha value is -2.20. The molecule has 1 atom stereocenters. The second-order valence-electron chi connectivity index (χ2n) is 8.06. The molecule has 0 radical (unpaired) electrons. The van der Waals surface area contributed by atoms with Crippen molar-refractivity contribution in [3.05, 3.63) is 70.5 Å². The molecule has 2 aromatic rings. The summed E-state index contributed by atoms with van der Waals surface area (Å²) in [6.07, 6.45) is 2.57. The molecule has 1 unspecified atom stereocenters. The molecule has 0 aliphatic carbocycles. The predicted octanol–water partition coefficient (Wildman–Crippen LogP) is 4.57. The number of hydrogen-bond donors (Lipinski definition) is 1. The Kier molecular flexibility index (Phi) is 6.84. The molecular weight excluding hydrogens is 351 g/mol. The summed E-state index contributed by atoms with van der Waals surface area (Å²) >= 11 is 0. The average Bonchev–Trinajstić information content (AvgIpc) is 2.71. The quantitative estimate of drug-likeness (QED) is 0.793. The van der Waals surface area contributed by atoms with E-state index < -0.39 is 0 Å². The van der Waals surface area contributed by atoms with Crippen LogP contribution in [-0.4, -0.2) is 30.9 Å². The number of halogens is 1. The van der Waals surface area contributed by atoms with Crippen molar-refractivity contribution in [2.75, 3.05) is 20.1 Å². The van der Waals surface area contributed by atoms with E-state index in [1.165, 1.54) is 28.8 Å². The molecule has 3 rings (SSSR count). The van der Waals surface area contributed by atoms with Gasteiger partial charge in [0.25, 0.3) is 0 Å². The van der Waals surface area contributed by atoms with Crippen LogP contribution in [0.5, 0.6) is 0 Å². The van der Waals surface area contributed by atoms with Crippen LogP contribution in [0.15, 0.2) is 42.5 Å². The van der Waals surface area contributed by atoms with Crippen LogP contribution in [0.4, 0.5) is 4.39 Å². The lowest BCUT2D eigenvalue weighted by atomic mass is 9.78. The van der Waals surface area contributed by atoms with Crippen molar-refractivity contribution in [3.63, 3.8) is 0 Å². The molecular formula is C24H31FN2O. The van der Waals surface area contributed by atoms with Gasteiger partial charge < -0.3 is 10.2 Å². The Balaban J connectivity index is 1.74. The highest BCUT2D eigenvalue weighted by atomic mass is 19.1. The first-order valence-electron chi connectivity index (χ1n) is 10.2. The molecule has 0 spiro atoms. The van der Waals surface area contributed by atoms with Crippen LogP contribution in [0, 0.1) is 25.6 Å². The molecule has 1 fully saturated rings. The number of nitrogens with zero attached hydrogens (tertiary/aromatic N) is 1. The van der Waals surface area contributed by atoms with E-state index in [0.29, 0.717) is 18.9 Å². The van der Waals surface area contributed by atoms with Crippen LogP contribution in [0.1, 0.15) is 47.4 Å². The predicted molar refractivity (Wildman–Crippen MR) is 112 cm³/mol. The molecule has 1 heterocycles. The highest BCUT2D eigenvalue weighted by Gasteiger charge is 2.28. The lowest BCUT2D eigenvalue weighted by molar-refractivity contribution is -0.131. The van der Waals surface area contributed by atoms with E-state index in [9.17, 15) is 9.18 Å². The van der Waals surface area contributed by atoms with Gasteiger partial charge in [-0.2, -0.15) is 0 Å². The molecule has 1 amide bonds. The van der Waals surface area contributed by atoms with Gasteiger partial charge in [0.1, 0.15) is 5.82 Å². The van der Waals surface area contributed by atoms with E-state index in [4.69, 9.17) is 0 Å². The van der Waals surface area contributed by atoms with Gasteiger partial charge >= 0.3 is 0 Å². The van der Waals surface area contributed by atoms with E-state index in [1.807, 2.05) is 30.1 Å². The summed E-state index contributed by atoms with van der Waals surface area (Å²) in [6, 6.07) is 13.0. The fourth-order valence-electron chi connectivity index (χ4n) is 4.18. The molecule has 3 nitrogen and oxygen atoms in total. The minimum atomic E-state index is -0.230. The first-order chi connectivity index (χ1) is 13.5. The number of aryl methyl sites for hydroxylation is 1. The van der Waals surface area contributed by atoms with Crippen molar-refractivity contribution in [2.24, 2.45) is 5.92 Å². The van der Waals surface area contributed by atoms with E-state index in [2.05, 4.69) is 31.3 Å². The first kappa shape index (κ1) is 20.5. The van der Waals surface area contributed by atoms with E-state index >= 15 is 0 Å². The van der Waals surface area contributed by atoms with Gasteiger partial charge in [-0.25, -0.2) is 4.39 Å². The van der Waals surface area contributed by atoms with Crippen LogP contribution in [0.2, 0.25) is 0 Å². The van der Waals surface area contributed by atoms with Gasteiger partial charge in [0.05, 0.1) is 0 Å². The molecule has 0 saturated carbocycles. The number of carbonyl (C=O) groups excluding carboxylic acids is 1. The summed E-state index contributed by atoms with van der Waals surface area (Å²) in [7, 11) is 1.88. The number of nitrogens with one attached hydrogen (secondary N) is 1. The maximum atomic E-state index is 13.4. The zero-order chi connectivity index (χ0) is 20.1. The molecule has 2 aromatic carbocycles. The van der Waals surface area contributed by atoms with Gasteiger partial charge in [-0.1, -0.05) is 30.3 Å². The van der Waals surface area contributed by atoms with E-state index in [0.717, 1.165) is 31.5 Å². The van der Waals surface area contributed by atoms with Gasteiger partial charge in [0.2, 0.25) is 5.91 Å². The third-order valence-corrected chi connectivity index (χ3v) is 6.20. The number of amides is 1. The van der Waals surface area contributed by atoms with Crippen LogP contribution < -0.4 is 5.32 Å². The smallest absolute Gasteiger partial charge is 0.223 e. The fraction of sp³-hybridized carbons (Fsp3) is 0.458. The highest BCUT2D eigenvalue weighted by Crippen LogP contribution is 2.34. The summed E-state index contributed by atoms with van der Waals surface area (Å²) in [6.45, 7) is 6.79. The van der Waals surface area contributed by atoms with Gasteiger partial charge in [-0.3, -0.25) is 4.79 Å². The van der Waals surface area contributed by atoms with Gasteiger partial charge in [0, 0.05) is 20.0 Å². The second kappa shape index (κ2) is 9.33. The summed E-state index contributed by atoms with van der Waals surface area (Å²) < 4.78 is 13.4. The fourth-order valence-corrected chi connectivity index (χ4v) is 4.18. The van der Waals surface area contributed by atoms with Gasteiger partial charge in [-0.15, -0.1) is 0 Å². The van der Waals surface area contributed by atoms with Crippen molar-refractivity contribution in [1.82, 2.24) is 10.2 Å². The zero-order valence-electron chi connectivity index (χ0n) is 17.2. The van der Waals surface area contributed by atoms with Crippen molar-refractivity contribution >= 4 is 5.91 Å². The third kappa shape index (κ3) is 4.99. The number of carbonyl (C=O) groups is 1. The summed E-state index contributed by atoms with van der Waals surface area (Å²) in [4.78, 5) is 14.9. The van der Waals surface area contributed by atoms with Crippen molar-refractivity contribution < 1.29 is 9.18 Å². The summed E-state index contributed by atoms with van der Waals surface area (Å²) in [5.74, 6) is 0.501. The molecule has 28 heavy (non-hydrogen) atoms. The monoisotopic (exact) mass is 382 g/mol. The summed E-state index contributed by atoms with van der Waals surface area (Å²) in [5.41, 5.74) is 4.76. The molecule has 1 saturated heterocycles. The van der Waals surface area contributed by atoms with E-state index in [1.54, 1.807) is 0 Å². The Morgan fingerprint density at radius 1 is 1.14 bits per heavy atom. The highest BCUT2D eigenvalue weighted by molar-refractivity contribution is 5.77. The van der Waals surface area contributed by atoms with Crippen molar-refractivity contribution in [2.45, 2.75) is 45.6 Å². The molecule has 1 aliphatic heterocycles. The van der Waals surface area contributed by atoms with Crippen molar-refractivity contribution in [1.29, 1.82) is 0 Å². The topological polar surface area (TPSA) is 32.3 Å². The summed E-state index contributed by atoms with van der Waals surface area (Å²) in [5, 5.41) is 3.40. The first-order valence-corrected chi connectivity index (χ1v) is 10.2. The normalized spacial score (nSPS) is 16.0. The largest absolute Gasteiger partial charge is 0.341 e. The maximum absolute atomic E-state index is 13.4. The van der Waals surface area contributed by atoms with Gasteiger partial charge in [-0.05, 0) is 86.0 Å². The molecule has 1 aliphatic rings. The van der Waals surface area contributed by atoms with E-state index in [-0.39, 0.29) is 17.6 Å². The minimum Gasteiger partial charge on any atom is -0.341 e. The third-order valence-electron chi connectivity index (χ3n) is 6.20. The Morgan fingerprint density at radius 3 is 2.50 bits per heavy atom. The van der Waals surface area contributed by atoms with Crippen LogP contribution in [0.3, 0.4) is 0 Å². The Bertz CT molecular complexity index is 797. The van der Waals surface area contributed by atoms with Gasteiger partial charge in [0.15, 0.2) is 0 Å². The molecule has 0 bridgehead atoms. The lowest BCUT2D eigenvalue weighted by Crippen LogP contribution is -2.34. The Labute approximate surface area is 167 Å². The van der Waals surface area contributed by atoms with Crippen LogP contribution >= 0.6 is 0 Å². The number of benzene rings is 2. The molecule has 1 N–H and O–H groups in total. The number of piperidine rings is 1. The number of rotatable bonds is 6. The van der Waals surface area contributed by atoms with Crippen LogP contribution in [-0.2, 0) is 11.3 Å². The standard InChI is InChI=1S/C24H31FN2O/c1-17-5-4-6-21(18(17)2)16-27(3)24(28)15-23(20-11-13-26-14-12-20)19-7-9-22(25)10-8-19/h4-10,20,23,26H,11-16H2,1-3H3. The molecule has 150 valence electrons. The zero-order valence-corrected chi connectivity index (χ0v) is 17.2. The van der Waals surface area contributed by atoms with Crippen LogP contribution in [0.25, 0.3) is 0 Å². The Morgan fingerprint density at radius 2 is 1.82 bits per heavy atom. The average molecular weight is 383 g/mol. The number of hydrogen-bond acceptors (Lipinski definition) is 2. The minimum absolute atomic E-state index is 0.135. The molecule has 0 aromatic heterocycles. The maximum Gasteiger partial charge on any atom is 0.223 e.